The lowest BCUT2D eigenvalue weighted by Gasteiger charge is -2.28. The van der Waals surface area contributed by atoms with Crippen molar-refractivity contribution < 1.29 is 4.48 Å². The molecule has 0 saturated carbocycles. The Bertz CT molecular complexity index is 587. The van der Waals surface area contributed by atoms with Gasteiger partial charge in [-0.05, 0) is 12.1 Å². The van der Waals surface area contributed by atoms with E-state index in [4.69, 9.17) is 5.73 Å². The topological polar surface area (TPSA) is 46.6 Å². The van der Waals surface area contributed by atoms with Gasteiger partial charge >= 0.3 is 0 Å². The quantitative estimate of drug-likeness (QED) is 0.636. The molecule has 0 aromatic carbocycles. The molecule has 2 aromatic rings. The Morgan fingerprint density at radius 3 is 2.75 bits per heavy atom. The molecule has 0 aliphatic carbocycles. The van der Waals surface area contributed by atoms with Crippen molar-refractivity contribution in [1.29, 1.82) is 0 Å². The summed E-state index contributed by atoms with van der Waals surface area (Å²) in [5.74, 6) is 0.938. The van der Waals surface area contributed by atoms with Crippen LogP contribution in [0.25, 0.3) is 5.52 Å². The molecular weight excluding hydrogens is 250 g/mol. The van der Waals surface area contributed by atoms with Crippen LogP contribution in [0.1, 0.15) is 6.42 Å². The zero-order valence-corrected chi connectivity index (χ0v) is 12.7. The first-order valence-corrected chi connectivity index (χ1v) is 6.87. The molecule has 0 bridgehead atoms. The van der Waals surface area contributed by atoms with E-state index in [0.717, 1.165) is 41.1 Å². The molecule has 1 aliphatic rings. The molecule has 0 atom stereocenters. The molecule has 110 valence electrons. The van der Waals surface area contributed by atoms with Gasteiger partial charge in [-0.1, -0.05) is 6.07 Å². The van der Waals surface area contributed by atoms with Gasteiger partial charge in [-0.3, -0.25) is 0 Å². The van der Waals surface area contributed by atoms with E-state index in [1.807, 2.05) is 28.9 Å². The van der Waals surface area contributed by atoms with Crippen LogP contribution in [0.15, 0.2) is 24.4 Å². The molecule has 5 nitrogen and oxygen atoms in total. The second kappa shape index (κ2) is 5.32. The average Bonchev–Trinajstić information content (AvgIpc) is 2.60. The van der Waals surface area contributed by atoms with Crippen molar-refractivity contribution in [3.63, 3.8) is 0 Å². The number of nitrogens with zero attached hydrogens (tertiary/aromatic N) is 4. The van der Waals surface area contributed by atoms with Crippen molar-refractivity contribution >= 4 is 17.0 Å². The Morgan fingerprint density at radius 1 is 1.20 bits per heavy atom. The van der Waals surface area contributed by atoms with E-state index in [9.17, 15) is 0 Å². The van der Waals surface area contributed by atoms with Crippen molar-refractivity contribution in [2.45, 2.75) is 6.42 Å². The lowest BCUT2D eigenvalue weighted by Crippen LogP contribution is -2.42. The minimum atomic E-state index is 0. The molecule has 0 spiro atoms. The Labute approximate surface area is 121 Å². The number of aromatic nitrogens is 2. The van der Waals surface area contributed by atoms with E-state index in [-0.39, 0.29) is 7.43 Å². The molecule has 3 rings (SSSR count). The van der Waals surface area contributed by atoms with Crippen LogP contribution in [0.2, 0.25) is 0 Å². The van der Waals surface area contributed by atoms with Gasteiger partial charge in [0.15, 0.2) is 5.82 Å². The fourth-order valence-electron chi connectivity index (χ4n) is 2.76. The van der Waals surface area contributed by atoms with Gasteiger partial charge in [0, 0.05) is 19.2 Å². The van der Waals surface area contributed by atoms with Crippen LogP contribution in [-0.2, 0) is 0 Å². The number of rotatable bonds is 1. The number of pyridine rings is 1. The number of anilines is 2. The van der Waals surface area contributed by atoms with Crippen LogP contribution in [0.4, 0.5) is 11.5 Å². The van der Waals surface area contributed by atoms with Gasteiger partial charge in [0.05, 0.1) is 39.2 Å². The fraction of sp³-hybridized carbons (Fsp3) is 0.467. The second-order valence-corrected chi connectivity index (χ2v) is 5.99. The van der Waals surface area contributed by atoms with Gasteiger partial charge in [0.1, 0.15) is 5.69 Å². The summed E-state index contributed by atoms with van der Waals surface area (Å²) in [5.41, 5.74) is 8.05. The standard InChI is InChI=1S/C14H22N5.CH3/c1-19(2)10-5-7-17(9-11-19)14-13(15)12-6-3-4-8-18(12)16-14;/h3-4,6,8H,5,7,9-11,15H2,1-2H3;1H3/q+1;-1. The van der Waals surface area contributed by atoms with Crippen LogP contribution in [0.5, 0.6) is 0 Å². The van der Waals surface area contributed by atoms with Gasteiger partial charge in [-0.2, -0.15) is 0 Å². The van der Waals surface area contributed by atoms with Gasteiger partial charge in [-0.15, -0.1) is 5.10 Å². The number of hydrogen-bond acceptors (Lipinski definition) is 3. The van der Waals surface area contributed by atoms with E-state index in [2.05, 4.69) is 24.1 Å². The van der Waals surface area contributed by atoms with Crippen molar-refractivity contribution in [2.75, 3.05) is 50.9 Å². The lowest BCUT2D eigenvalue weighted by atomic mass is 10.3. The Kier molecular flexibility index (Phi) is 3.90. The summed E-state index contributed by atoms with van der Waals surface area (Å²) in [6.45, 7) is 4.40. The normalized spacial score (nSPS) is 18.6. The number of hydrogen-bond donors (Lipinski definition) is 1. The number of nitrogen functional groups attached to an aromatic ring is 1. The zero-order chi connectivity index (χ0) is 13.5. The van der Waals surface area contributed by atoms with E-state index in [1.54, 1.807) is 0 Å². The van der Waals surface area contributed by atoms with E-state index < -0.39 is 0 Å². The highest BCUT2D eigenvalue weighted by Gasteiger charge is 2.24. The molecule has 1 fully saturated rings. The third kappa shape index (κ3) is 2.58. The van der Waals surface area contributed by atoms with E-state index in [0.29, 0.717) is 0 Å². The zero-order valence-electron chi connectivity index (χ0n) is 12.7. The number of likely N-dealkylation sites (N-methyl/N-ethyl adjacent to an activating group) is 1. The SMILES string of the molecule is C[N+]1(C)CCCN(c2nn3ccccc3c2N)CC1.[CH3-]. The van der Waals surface area contributed by atoms with Crippen LogP contribution >= 0.6 is 0 Å². The first-order valence-electron chi connectivity index (χ1n) is 6.87. The molecule has 5 heteroatoms. The van der Waals surface area contributed by atoms with Crippen LogP contribution in [0.3, 0.4) is 0 Å². The fourth-order valence-corrected chi connectivity index (χ4v) is 2.76. The molecule has 0 unspecified atom stereocenters. The summed E-state index contributed by atoms with van der Waals surface area (Å²) in [6, 6.07) is 5.99. The summed E-state index contributed by atoms with van der Waals surface area (Å²) in [5, 5.41) is 4.64. The summed E-state index contributed by atoms with van der Waals surface area (Å²) in [7, 11) is 4.58. The summed E-state index contributed by atoms with van der Waals surface area (Å²) >= 11 is 0. The highest BCUT2D eigenvalue weighted by molar-refractivity contribution is 5.81. The van der Waals surface area contributed by atoms with Crippen LogP contribution < -0.4 is 10.6 Å². The third-order valence-electron chi connectivity index (χ3n) is 4.02. The predicted molar refractivity (Wildman–Crippen MR) is 84.7 cm³/mol. The Balaban J connectivity index is 0.00000147. The lowest BCUT2D eigenvalue weighted by molar-refractivity contribution is -0.887. The average molecular weight is 275 g/mol. The molecule has 20 heavy (non-hydrogen) atoms. The van der Waals surface area contributed by atoms with Gasteiger partial charge in [-0.25, -0.2) is 4.52 Å². The largest absolute Gasteiger partial charge is 0.394 e. The number of fused-ring (bicyclic) bond motifs is 1. The first-order chi connectivity index (χ1) is 9.07. The highest BCUT2D eigenvalue weighted by Crippen LogP contribution is 2.27. The van der Waals surface area contributed by atoms with Gasteiger partial charge in [0.2, 0.25) is 0 Å². The minimum Gasteiger partial charge on any atom is -0.394 e. The van der Waals surface area contributed by atoms with E-state index in [1.165, 1.54) is 13.0 Å². The molecule has 1 saturated heterocycles. The second-order valence-electron chi connectivity index (χ2n) is 5.99. The van der Waals surface area contributed by atoms with E-state index >= 15 is 0 Å². The van der Waals surface area contributed by atoms with Crippen molar-refractivity contribution in [1.82, 2.24) is 9.61 Å². The number of nitrogens with two attached hydrogens (primary N) is 1. The van der Waals surface area contributed by atoms with Crippen molar-refractivity contribution in [3.8, 4) is 0 Å². The molecule has 2 aromatic heterocycles. The van der Waals surface area contributed by atoms with Crippen molar-refractivity contribution in [3.05, 3.63) is 31.8 Å². The molecule has 1 aliphatic heterocycles. The van der Waals surface area contributed by atoms with Crippen molar-refractivity contribution in [2.24, 2.45) is 0 Å². The van der Waals surface area contributed by atoms with Gasteiger partial charge in [0.25, 0.3) is 0 Å². The first kappa shape index (κ1) is 14.7. The molecular formula is C15H25N5. The molecule has 0 amide bonds. The molecule has 3 heterocycles. The van der Waals surface area contributed by atoms with Crippen LogP contribution in [0, 0.1) is 7.43 Å². The maximum absolute atomic E-state index is 6.26. The van der Waals surface area contributed by atoms with Crippen LogP contribution in [-0.4, -0.2) is 54.4 Å². The molecule has 2 N–H and O–H groups in total. The summed E-state index contributed by atoms with van der Waals surface area (Å²) < 4.78 is 2.94. The molecule has 0 radical (unpaired) electrons. The summed E-state index contributed by atoms with van der Waals surface area (Å²) in [6.07, 6.45) is 3.13. The maximum Gasteiger partial charge on any atom is 0.175 e. The predicted octanol–water partition coefficient (Wildman–Crippen LogP) is 1.65. The highest BCUT2D eigenvalue weighted by atomic mass is 15.4. The Morgan fingerprint density at radius 2 is 2.00 bits per heavy atom. The van der Waals surface area contributed by atoms with Gasteiger partial charge < -0.3 is 22.5 Å². The maximum atomic E-state index is 6.26. The number of quaternary nitrogens is 1. The smallest absolute Gasteiger partial charge is 0.175 e. The minimum absolute atomic E-state index is 0. The monoisotopic (exact) mass is 275 g/mol. The Hall–Kier alpha value is -1.75. The summed E-state index contributed by atoms with van der Waals surface area (Å²) in [4.78, 5) is 2.33. The third-order valence-corrected chi connectivity index (χ3v) is 4.02.